The van der Waals surface area contributed by atoms with Gasteiger partial charge in [-0.05, 0) is 30.9 Å². The van der Waals surface area contributed by atoms with E-state index in [0.717, 1.165) is 12.3 Å². The molecule has 0 aliphatic carbocycles. The predicted molar refractivity (Wildman–Crippen MR) is 101 cm³/mol. The molecule has 0 fully saturated rings. The normalized spacial score (nSPS) is 14.1. The summed E-state index contributed by atoms with van der Waals surface area (Å²) in [6, 6.07) is 5.34. The summed E-state index contributed by atoms with van der Waals surface area (Å²) in [5.41, 5.74) is -0.0286. The number of nitrogens with zero attached hydrogens (tertiary/aromatic N) is 1. The molecular weight excluding hydrogens is 381 g/mol. The molecule has 0 saturated heterocycles. The van der Waals surface area contributed by atoms with E-state index >= 15 is 0 Å². The lowest BCUT2D eigenvalue weighted by Crippen LogP contribution is -2.41. The van der Waals surface area contributed by atoms with Crippen LogP contribution in [0.15, 0.2) is 29.3 Å². The topological polar surface area (TPSA) is 82.6 Å². The Hall–Kier alpha value is -1.81. The maximum Gasteiger partial charge on any atom is 0.416 e. The van der Waals surface area contributed by atoms with Gasteiger partial charge in [0.2, 0.25) is 10.0 Å². The number of guanidine groups is 1. The molecule has 0 aliphatic heterocycles. The summed E-state index contributed by atoms with van der Waals surface area (Å²) in [5, 5.41) is 6.03. The van der Waals surface area contributed by atoms with Crippen molar-refractivity contribution in [3.05, 3.63) is 35.4 Å². The van der Waals surface area contributed by atoms with Gasteiger partial charge in [0, 0.05) is 26.2 Å². The fourth-order valence-corrected chi connectivity index (χ4v) is 2.79. The highest BCUT2D eigenvalue weighted by molar-refractivity contribution is 7.88. The van der Waals surface area contributed by atoms with Crippen molar-refractivity contribution >= 4 is 16.0 Å². The number of aliphatic imine (C=N–C) groups is 1. The minimum absolute atomic E-state index is 0.0779. The van der Waals surface area contributed by atoms with Gasteiger partial charge in [-0.1, -0.05) is 25.1 Å². The van der Waals surface area contributed by atoms with Gasteiger partial charge in [0.15, 0.2) is 5.96 Å². The van der Waals surface area contributed by atoms with Crippen LogP contribution in [0.25, 0.3) is 0 Å². The molecule has 0 heterocycles. The Morgan fingerprint density at radius 2 is 1.93 bits per heavy atom. The molecule has 10 heteroatoms. The number of alkyl halides is 3. The lowest BCUT2D eigenvalue weighted by molar-refractivity contribution is -0.137. The van der Waals surface area contributed by atoms with Gasteiger partial charge in [-0.2, -0.15) is 13.2 Å². The molecule has 1 aromatic carbocycles. The summed E-state index contributed by atoms with van der Waals surface area (Å²) < 4.78 is 62.8. The van der Waals surface area contributed by atoms with Crippen LogP contribution in [0.4, 0.5) is 13.2 Å². The minimum atomic E-state index is -4.35. The number of sulfonamides is 1. The average Bonchev–Trinajstić information content (AvgIpc) is 2.57. The molecule has 0 saturated carbocycles. The highest BCUT2D eigenvalue weighted by Gasteiger charge is 2.30. The fraction of sp³-hybridized carbons (Fsp3) is 0.588. The number of rotatable bonds is 9. The second-order valence-corrected chi connectivity index (χ2v) is 8.00. The van der Waals surface area contributed by atoms with Gasteiger partial charge in [0.25, 0.3) is 0 Å². The van der Waals surface area contributed by atoms with Crippen molar-refractivity contribution < 1.29 is 21.6 Å². The molecule has 6 nitrogen and oxygen atoms in total. The van der Waals surface area contributed by atoms with E-state index < -0.39 is 21.8 Å². The monoisotopic (exact) mass is 408 g/mol. The Kier molecular flexibility index (Phi) is 9.04. The van der Waals surface area contributed by atoms with Crippen LogP contribution in [0.2, 0.25) is 0 Å². The molecule has 1 aromatic rings. The molecule has 27 heavy (non-hydrogen) atoms. The number of hydrogen-bond acceptors (Lipinski definition) is 3. The first kappa shape index (κ1) is 23.2. The molecule has 1 unspecified atom stereocenters. The molecular formula is C17H27F3N4O2S. The maximum absolute atomic E-state index is 12.8. The molecule has 0 aromatic heterocycles. The molecule has 154 valence electrons. The van der Waals surface area contributed by atoms with E-state index in [1.807, 2.05) is 13.8 Å². The van der Waals surface area contributed by atoms with Crippen LogP contribution in [-0.4, -0.2) is 46.8 Å². The van der Waals surface area contributed by atoms with Crippen molar-refractivity contribution in [1.82, 2.24) is 15.4 Å². The van der Waals surface area contributed by atoms with E-state index in [2.05, 4.69) is 20.3 Å². The Labute approximate surface area is 158 Å². The molecule has 0 spiro atoms. The smallest absolute Gasteiger partial charge is 0.357 e. The third-order valence-electron chi connectivity index (χ3n) is 3.74. The summed E-state index contributed by atoms with van der Waals surface area (Å²) in [6.45, 7) is 5.41. The first-order valence-corrected chi connectivity index (χ1v) is 10.6. The first-order chi connectivity index (χ1) is 12.5. The van der Waals surface area contributed by atoms with Crippen LogP contribution in [0.3, 0.4) is 0 Å². The third-order valence-corrected chi connectivity index (χ3v) is 4.47. The van der Waals surface area contributed by atoms with Gasteiger partial charge in [-0.3, -0.25) is 4.99 Å². The molecule has 0 amide bonds. The highest BCUT2D eigenvalue weighted by atomic mass is 32.2. The van der Waals surface area contributed by atoms with Crippen LogP contribution in [0.1, 0.15) is 37.3 Å². The zero-order chi connectivity index (χ0) is 20.5. The SMILES string of the molecule is CCNC(=NCCC(C)c1cccc(C(F)(F)F)c1)NCCNS(C)(=O)=O. The molecule has 0 aliphatic rings. The van der Waals surface area contributed by atoms with E-state index in [1.165, 1.54) is 12.1 Å². The summed E-state index contributed by atoms with van der Waals surface area (Å²) in [5.74, 6) is 0.454. The van der Waals surface area contributed by atoms with Gasteiger partial charge in [0.05, 0.1) is 11.8 Å². The van der Waals surface area contributed by atoms with Crippen molar-refractivity contribution in [2.75, 3.05) is 32.4 Å². The molecule has 0 radical (unpaired) electrons. The predicted octanol–water partition coefficient (Wildman–Crippen LogP) is 2.30. The van der Waals surface area contributed by atoms with Gasteiger partial charge in [0.1, 0.15) is 0 Å². The zero-order valence-electron chi connectivity index (χ0n) is 15.7. The number of halogens is 3. The highest BCUT2D eigenvalue weighted by Crippen LogP contribution is 2.31. The summed E-state index contributed by atoms with van der Waals surface area (Å²) in [4.78, 5) is 4.38. The average molecular weight is 408 g/mol. The quantitative estimate of drug-likeness (QED) is 0.333. The summed E-state index contributed by atoms with van der Waals surface area (Å²) in [7, 11) is -3.24. The minimum Gasteiger partial charge on any atom is -0.357 e. The molecule has 1 rings (SSSR count). The second kappa shape index (κ2) is 10.5. The Morgan fingerprint density at radius 3 is 2.52 bits per heavy atom. The van der Waals surface area contributed by atoms with Gasteiger partial charge < -0.3 is 10.6 Å². The molecule has 1 atom stereocenters. The second-order valence-electron chi connectivity index (χ2n) is 6.17. The number of benzene rings is 1. The van der Waals surface area contributed by atoms with Crippen LogP contribution < -0.4 is 15.4 Å². The largest absolute Gasteiger partial charge is 0.416 e. The van der Waals surface area contributed by atoms with Crippen molar-refractivity contribution in [3.8, 4) is 0 Å². The van der Waals surface area contributed by atoms with Crippen molar-refractivity contribution in [2.24, 2.45) is 4.99 Å². The Bertz CT molecular complexity index is 721. The first-order valence-electron chi connectivity index (χ1n) is 8.67. The lowest BCUT2D eigenvalue weighted by atomic mass is 9.96. The third kappa shape index (κ3) is 9.62. The zero-order valence-corrected chi connectivity index (χ0v) is 16.5. The van der Waals surface area contributed by atoms with Crippen molar-refractivity contribution in [2.45, 2.75) is 32.4 Å². The van der Waals surface area contributed by atoms with Crippen LogP contribution >= 0.6 is 0 Å². The Balaban J connectivity index is 2.57. The van der Waals surface area contributed by atoms with Crippen molar-refractivity contribution in [1.29, 1.82) is 0 Å². The maximum atomic E-state index is 12.8. The van der Waals surface area contributed by atoms with E-state index in [-0.39, 0.29) is 12.5 Å². The van der Waals surface area contributed by atoms with E-state index in [4.69, 9.17) is 0 Å². The van der Waals surface area contributed by atoms with E-state index in [0.29, 0.717) is 37.6 Å². The van der Waals surface area contributed by atoms with Crippen molar-refractivity contribution in [3.63, 3.8) is 0 Å². The number of hydrogen-bond donors (Lipinski definition) is 3. The number of nitrogens with one attached hydrogen (secondary N) is 3. The standard InChI is InChI=1S/C17H27F3N4O2S/c1-4-21-16(23-10-11-24-27(3,25)26)22-9-8-13(2)14-6-5-7-15(12-14)17(18,19)20/h5-7,12-13,24H,4,8-11H2,1-3H3,(H2,21,22,23). The summed E-state index contributed by atoms with van der Waals surface area (Å²) in [6.07, 6.45) is -2.68. The summed E-state index contributed by atoms with van der Waals surface area (Å²) >= 11 is 0. The van der Waals surface area contributed by atoms with Crippen LogP contribution in [-0.2, 0) is 16.2 Å². The van der Waals surface area contributed by atoms with E-state index in [9.17, 15) is 21.6 Å². The van der Waals surface area contributed by atoms with Crippen LogP contribution in [0.5, 0.6) is 0 Å². The Morgan fingerprint density at radius 1 is 1.22 bits per heavy atom. The van der Waals surface area contributed by atoms with Gasteiger partial charge in [-0.25, -0.2) is 13.1 Å². The van der Waals surface area contributed by atoms with Gasteiger partial charge >= 0.3 is 6.18 Å². The molecule has 0 bridgehead atoms. The van der Waals surface area contributed by atoms with Crippen LogP contribution in [0, 0.1) is 0 Å². The fourth-order valence-electron chi connectivity index (χ4n) is 2.32. The molecule has 3 N–H and O–H groups in total. The van der Waals surface area contributed by atoms with E-state index in [1.54, 1.807) is 6.07 Å². The lowest BCUT2D eigenvalue weighted by Gasteiger charge is -2.15. The van der Waals surface area contributed by atoms with Gasteiger partial charge in [-0.15, -0.1) is 0 Å².